The monoisotopic (exact) mass is 480 g/mol. The average molecular weight is 481 g/mol. The van der Waals surface area contributed by atoms with E-state index in [0.29, 0.717) is 19.6 Å². The number of benzene rings is 2. The minimum absolute atomic E-state index is 0.0375. The smallest absolute Gasteiger partial charge is 0.407 e. The van der Waals surface area contributed by atoms with Gasteiger partial charge in [-0.1, -0.05) is 61.9 Å². The molecular formula is C27H32N2O6. The normalized spacial score (nSPS) is 18.2. The maximum Gasteiger partial charge on any atom is 0.407 e. The van der Waals surface area contributed by atoms with Gasteiger partial charge in [-0.05, 0) is 28.7 Å². The van der Waals surface area contributed by atoms with Crippen molar-refractivity contribution in [2.45, 2.75) is 38.1 Å². The number of carbonyl (C=O) groups excluding carboxylic acids is 2. The summed E-state index contributed by atoms with van der Waals surface area (Å²) in [5, 5.41) is 12.2. The lowest BCUT2D eigenvalue weighted by atomic mass is 9.98. The fraction of sp³-hybridized carbons (Fsp3) is 0.444. The summed E-state index contributed by atoms with van der Waals surface area (Å²) in [6.07, 6.45) is 0.927. The van der Waals surface area contributed by atoms with Gasteiger partial charge in [0.1, 0.15) is 6.61 Å². The minimum Gasteiger partial charge on any atom is -0.481 e. The van der Waals surface area contributed by atoms with Gasteiger partial charge in [-0.15, -0.1) is 0 Å². The summed E-state index contributed by atoms with van der Waals surface area (Å²) in [6, 6.07) is 15.9. The molecule has 1 heterocycles. The van der Waals surface area contributed by atoms with Crippen LogP contribution in [0.15, 0.2) is 48.5 Å². The molecule has 0 spiro atoms. The molecule has 0 aromatic heterocycles. The fourth-order valence-corrected chi connectivity index (χ4v) is 4.91. The first-order chi connectivity index (χ1) is 17.0. The highest BCUT2D eigenvalue weighted by molar-refractivity contribution is 5.80. The second kappa shape index (κ2) is 11.4. The van der Waals surface area contributed by atoms with Crippen molar-refractivity contribution < 1.29 is 29.0 Å². The summed E-state index contributed by atoms with van der Waals surface area (Å²) in [6.45, 7) is 3.03. The predicted octanol–water partition coefficient (Wildman–Crippen LogP) is 3.64. The van der Waals surface area contributed by atoms with Crippen LogP contribution in [0.25, 0.3) is 11.1 Å². The van der Waals surface area contributed by atoms with Gasteiger partial charge < -0.3 is 24.8 Å². The number of carboxylic acids is 1. The van der Waals surface area contributed by atoms with E-state index >= 15 is 0 Å². The number of hydrogen-bond donors (Lipinski definition) is 2. The van der Waals surface area contributed by atoms with E-state index in [1.807, 2.05) is 31.2 Å². The number of fused-ring (bicyclic) bond motifs is 3. The van der Waals surface area contributed by atoms with Gasteiger partial charge in [0, 0.05) is 31.5 Å². The highest BCUT2D eigenvalue weighted by Gasteiger charge is 2.31. The van der Waals surface area contributed by atoms with E-state index in [1.54, 1.807) is 0 Å². The van der Waals surface area contributed by atoms with E-state index in [4.69, 9.17) is 9.47 Å². The Bertz CT molecular complexity index is 1030. The van der Waals surface area contributed by atoms with Crippen LogP contribution in [0.4, 0.5) is 4.79 Å². The van der Waals surface area contributed by atoms with Gasteiger partial charge >= 0.3 is 12.1 Å². The topological polar surface area (TPSA) is 105 Å². The van der Waals surface area contributed by atoms with E-state index in [9.17, 15) is 19.5 Å². The third-order valence-electron chi connectivity index (χ3n) is 6.69. The van der Waals surface area contributed by atoms with Gasteiger partial charge in [0.15, 0.2) is 0 Å². The number of nitrogens with zero attached hydrogens (tertiary/aromatic N) is 1. The Kier molecular flexibility index (Phi) is 8.02. The highest BCUT2D eigenvalue weighted by atomic mass is 16.5. The predicted molar refractivity (Wildman–Crippen MR) is 130 cm³/mol. The molecule has 1 aliphatic carbocycles. The second-order valence-corrected chi connectivity index (χ2v) is 9.11. The first-order valence-corrected chi connectivity index (χ1v) is 12.2. The minimum atomic E-state index is -0.980. The van der Waals surface area contributed by atoms with E-state index in [1.165, 1.54) is 4.90 Å². The molecule has 8 heteroatoms. The largest absolute Gasteiger partial charge is 0.481 e. The van der Waals surface area contributed by atoms with Crippen molar-refractivity contribution in [2.24, 2.45) is 5.92 Å². The number of nitrogens with one attached hydrogen (secondary N) is 1. The average Bonchev–Trinajstić information content (AvgIpc) is 2.98. The molecule has 2 aromatic rings. The summed E-state index contributed by atoms with van der Waals surface area (Å²) >= 11 is 0. The van der Waals surface area contributed by atoms with E-state index < -0.39 is 24.0 Å². The van der Waals surface area contributed by atoms with Crippen molar-refractivity contribution >= 4 is 18.0 Å². The van der Waals surface area contributed by atoms with Gasteiger partial charge in [-0.25, -0.2) is 4.79 Å². The molecule has 0 bridgehead atoms. The van der Waals surface area contributed by atoms with Gasteiger partial charge in [0.05, 0.1) is 19.1 Å². The number of rotatable bonds is 8. The highest BCUT2D eigenvalue weighted by Crippen LogP contribution is 2.44. The number of hydrogen-bond acceptors (Lipinski definition) is 5. The van der Waals surface area contributed by atoms with Crippen LogP contribution in [0.1, 0.15) is 43.2 Å². The summed E-state index contributed by atoms with van der Waals surface area (Å²) < 4.78 is 11.0. The molecule has 4 rings (SSSR count). The van der Waals surface area contributed by atoms with Gasteiger partial charge in [0.25, 0.3) is 0 Å². The summed E-state index contributed by atoms with van der Waals surface area (Å²) in [5.74, 6) is -1.96. The van der Waals surface area contributed by atoms with Crippen LogP contribution in [0.5, 0.6) is 0 Å². The maximum atomic E-state index is 12.9. The fourth-order valence-electron chi connectivity index (χ4n) is 4.91. The zero-order valence-corrected chi connectivity index (χ0v) is 19.9. The molecule has 2 atom stereocenters. The van der Waals surface area contributed by atoms with Crippen molar-refractivity contribution in [3.8, 4) is 11.1 Å². The SMILES string of the molecule is CCC[C@H](CC(=O)N1CCOCC(C(=O)O)C1)NC(=O)OCC1c2ccccc2-c2ccccc21. The first kappa shape index (κ1) is 24.7. The summed E-state index contributed by atoms with van der Waals surface area (Å²) in [4.78, 5) is 38.5. The molecule has 1 unspecified atom stereocenters. The molecule has 186 valence electrons. The molecule has 2 N–H and O–H groups in total. The van der Waals surface area contributed by atoms with Gasteiger partial charge in [-0.3, -0.25) is 9.59 Å². The van der Waals surface area contributed by atoms with E-state index in [2.05, 4.69) is 29.6 Å². The molecule has 2 amide bonds. The number of amides is 2. The Morgan fingerprint density at radius 2 is 1.77 bits per heavy atom. The molecule has 1 aliphatic heterocycles. The van der Waals surface area contributed by atoms with E-state index in [-0.39, 0.29) is 38.0 Å². The molecule has 0 saturated carbocycles. The zero-order valence-electron chi connectivity index (χ0n) is 19.9. The molecule has 1 saturated heterocycles. The van der Waals surface area contributed by atoms with Crippen LogP contribution in [-0.4, -0.2) is 66.9 Å². The molecule has 2 aliphatic rings. The Balaban J connectivity index is 1.35. The van der Waals surface area contributed by atoms with Crippen molar-refractivity contribution in [3.63, 3.8) is 0 Å². The second-order valence-electron chi connectivity index (χ2n) is 9.11. The molecule has 2 aromatic carbocycles. The number of carbonyl (C=O) groups is 3. The number of carboxylic acid groups (broad SMARTS) is 1. The van der Waals surface area contributed by atoms with Crippen molar-refractivity contribution in [2.75, 3.05) is 32.9 Å². The van der Waals surface area contributed by atoms with Gasteiger partial charge in [0.2, 0.25) is 5.91 Å². The zero-order chi connectivity index (χ0) is 24.8. The standard InChI is InChI=1S/C27H32N2O6/c1-2-7-19(14-25(30)29-12-13-34-16-18(15-29)26(31)32)28-27(33)35-17-24-22-10-5-3-8-20(22)21-9-4-6-11-23(21)24/h3-6,8-11,18-19,24H,2,7,12-17H2,1H3,(H,28,33)(H,31,32)/t18?,19-/m1/s1. The van der Waals surface area contributed by atoms with Crippen LogP contribution >= 0.6 is 0 Å². The maximum absolute atomic E-state index is 12.9. The van der Waals surface area contributed by atoms with Gasteiger partial charge in [-0.2, -0.15) is 0 Å². The van der Waals surface area contributed by atoms with Crippen LogP contribution in [-0.2, 0) is 19.1 Å². The Morgan fingerprint density at radius 3 is 2.40 bits per heavy atom. The van der Waals surface area contributed by atoms with Crippen LogP contribution in [0.3, 0.4) is 0 Å². The lowest BCUT2D eigenvalue weighted by Gasteiger charge is -2.25. The lowest BCUT2D eigenvalue weighted by molar-refractivity contribution is -0.144. The first-order valence-electron chi connectivity index (χ1n) is 12.2. The number of alkyl carbamates (subject to hydrolysis) is 1. The summed E-state index contributed by atoms with van der Waals surface area (Å²) in [7, 11) is 0. The van der Waals surface area contributed by atoms with Crippen molar-refractivity contribution in [3.05, 3.63) is 59.7 Å². The third-order valence-corrected chi connectivity index (χ3v) is 6.69. The molecule has 1 fully saturated rings. The third kappa shape index (κ3) is 5.82. The molecule has 8 nitrogen and oxygen atoms in total. The summed E-state index contributed by atoms with van der Waals surface area (Å²) in [5.41, 5.74) is 4.59. The Labute approximate surface area is 205 Å². The van der Waals surface area contributed by atoms with Crippen molar-refractivity contribution in [1.82, 2.24) is 10.2 Å². The Hall–Kier alpha value is -3.39. The van der Waals surface area contributed by atoms with Crippen LogP contribution < -0.4 is 5.32 Å². The number of ether oxygens (including phenoxy) is 2. The molecule has 0 radical (unpaired) electrons. The Morgan fingerprint density at radius 1 is 1.11 bits per heavy atom. The van der Waals surface area contributed by atoms with E-state index in [0.717, 1.165) is 28.7 Å². The van der Waals surface area contributed by atoms with Crippen LogP contribution in [0.2, 0.25) is 0 Å². The van der Waals surface area contributed by atoms with Crippen LogP contribution in [0, 0.1) is 5.92 Å². The number of aliphatic carboxylic acids is 1. The van der Waals surface area contributed by atoms with Crippen molar-refractivity contribution in [1.29, 1.82) is 0 Å². The molecular weight excluding hydrogens is 448 g/mol. The lowest BCUT2D eigenvalue weighted by Crippen LogP contribution is -2.43. The molecule has 35 heavy (non-hydrogen) atoms. The quantitative estimate of drug-likeness (QED) is 0.598.